The molecule has 2 amide bonds. The van der Waals surface area contributed by atoms with E-state index in [1.165, 1.54) is 21.6 Å². The Morgan fingerprint density at radius 1 is 1.14 bits per heavy atom. The number of fused-ring (bicyclic) bond motifs is 1. The van der Waals surface area contributed by atoms with Crippen LogP contribution in [0.2, 0.25) is 0 Å². The fourth-order valence-electron chi connectivity index (χ4n) is 4.12. The maximum absolute atomic E-state index is 13.4. The van der Waals surface area contributed by atoms with Gasteiger partial charge in [-0.1, -0.05) is 44.5 Å². The van der Waals surface area contributed by atoms with Crippen LogP contribution in [0.25, 0.3) is 0 Å². The van der Waals surface area contributed by atoms with E-state index in [1.54, 1.807) is 16.2 Å². The van der Waals surface area contributed by atoms with E-state index in [-0.39, 0.29) is 24.4 Å². The first-order valence-corrected chi connectivity index (χ1v) is 11.6. The first-order chi connectivity index (χ1) is 14.1. The van der Waals surface area contributed by atoms with Crippen LogP contribution in [-0.4, -0.2) is 41.2 Å². The first kappa shape index (κ1) is 21.6. The number of nitrogens with zero attached hydrogens (tertiary/aromatic N) is 2. The third-order valence-corrected chi connectivity index (χ3v) is 6.68. The summed E-state index contributed by atoms with van der Waals surface area (Å²) in [4.78, 5) is 31.2. The number of rotatable bonds is 8. The molecule has 5 heteroatoms. The Bertz CT molecular complexity index is 845. The van der Waals surface area contributed by atoms with Gasteiger partial charge in [0.25, 0.3) is 0 Å². The Morgan fingerprint density at radius 2 is 1.93 bits per heavy atom. The molecule has 1 aliphatic heterocycles. The minimum atomic E-state index is -0.0621. The standard InChI is InChI=1S/C24H32N2O2S/c1-4-6-11-22(27)25(14-5-2)17-23(28)26-15-12-21-20(13-16-29-21)24(26)19-10-8-7-9-18(19)3/h7-10,13,16,24H,4-6,11-12,14-15,17H2,1-3H3. The van der Waals surface area contributed by atoms with Gasteiger partial charge in [-0.3, -0.25) is 9.59 Å². The van der Waals surface area contributed by atoms with E-state index in [2.05, 4.69) is 44.4 Å². The largest absolute Gasteiger partial charge is 0.333 e. The number of hydrogen-bond donors (Lipinski definition) is 0. The van der Waals surface area contributed by atoms with Crippen LogP contribution in [0, 0.1) is 6.92 Å². The van der Waals surface area contributed by atoms with Crippen molar-refractivity contribution in [3.63, 3.8) is 0 Å². The van der Waals surface area contributed by atoms with Crippen LogP contribution in [0.5, 0.6) is 0 Å². The molecule has 0 bridgehead atoms. The summed E-state index contributed by atoms with van der Waals surface area (Å²) in [7, 11) is 0. The molecule has 0 saturated heterocycles. The van der Waals surface area contributed by atoms with Crippen molar-refractivity contribution >= 4 is 23.2 Å². The predicted molar refractivity (Wildman–Crippen MR) is 119 cm³/mol. The summed E-state index contributed by atoms with van der Waals surface area (Å²) in [6.45, 7) is 7.77. The zero-order valence-electron chi connectivity index (χ0n) is 17.8. The molecule has 1 aromatic carbocycles. The van der Waals surface area contributed by atoms with E-state index < -0.39 is 0 Å². The van der Waals surface area contributed by atoms with Crippen molar-refractivity contribution < 1.29 is 9.59 Å². The van der Waals surface area contributed by atoms with Crippen LogP contribution in [-0.2, 0) is 16.0 Å². The molecule has 0 aliphatic carbocycles. The molecular weight excluding hydrogens is 380 g/mol. The Morgan fingerprint density at radius 3 is 2.66 bits per heavy atom. The summed E-state index contributed by atoms with van der Waals surface area (Å²) in [5.41, 5.74) is 3.61. The summed E-state index contributed by atoms with van der Waals surface area (Å²) in [6, 6.07) is 10.4. The van der Waals surface area contributed by atoms with Gasteiger partial charge in [-0.05, 0) is 54.3 Å². The fraction of sp³-hybridized carbons (Fsp3) is 0.500. The van der Waals surface area contributed by atoms with Crippen LogP contribution in [0.1, 0.15) is 67.1 Å². The van der Waals surface area contributed by atoms with Crippen molar-refractivity contribution in [2.24, 2.45) is 0 Å². The van der Waals surface area contributed by atoms with Crippen LogP contribution in [0.4, 0.5) is 0 Å². The van der Waals surface area contributed by atoms with Crippen molar-refractivity contribution in [2.75, 3.05) is 19.6 Å². The normalized spacial score (nSPS) is 15.8. The van der Waals surface area contributed by atoms with Crippen molar-refractivity contribution in [1.82, 2.24) is 9.80 Å². The lowest BCUT2D eigenvalue weighted by Gasteiger charge is -2.38. The van der Waals surface area contributed by atoms with Crippen molar-refractivity contribution in [3.05, 3.63) is 57.3 Å². The van der Waals surface area contributed by atoms with Crippen LogP contribution >= 0.6 is 11.3 Å². The number of aryl methyl sites for hydroxylation is 1. The lowest BCUT2D eigenvalue weighted by Crippen LogP contribution is -2.47. The highest BCUT2D eigenvalue weighted by molar-refractivity contribution is 7.10. The van der Waals surface area contributed by atoms with Crippen molar-refractivity contribution in [3.8, 4) is 0 Å². The monoisotopic (exact) mass is 412 g/mol. The molecule has 0 spiro atoms. The van der Waals surface area contributed by atoms with Gasteiger partial charge in [-0.25, -0.2) is 0 Å². The number of unbranched alkanes of at least 4 members (excludes halogenated alkanes) is 1. The van der Waals surface area contributed by atoms with Gasteiger partial charge in [0.15, 0.2) is 0 Å². The second-order valence-corrected chi connectivity index (χ2v) is 8.81. The SMILES string of the molecule is CCCCC(=O)N(CCC)CC(=O)N1CCc2sccc2C1c1ccccc1C. The summed E-state index contributed by atoms with van der Waals surface area (Å²) in [6.07, 6.45) is 4.14. The molecule has 2 aromatic rings. The molecule has 3 rings (SSSR count). The molecule has 0 saturated carbocycles. The molecule has 1 aliphatic rings. The lowest BCUT2D eigenvalue weighted by atomic mass is 9.90. The van der Waals surface area contributed by atoms with Gasteiger partial charge in [-0.2, -0.15) is 0 Å². The highest BCUT2D eigenvalue weighted by atomic mass is 32.1. The lowest BCUT2D eigenvalue weighted by molar-refractivity contribution is -0.141. The molecule has 156 valence electrons. The zero-order chi connectivity index (χ0) is 20.8. The van der Waals surface area contributed by atoms with Gasteiger partial charge in [0.1, 0.15) is 0 Å². The first-order valence-electron chi connectivity index (χ1n) is 10.8. The van der Waals surface area contributed by atoms with Gasteiger partial charge in [-0.15, -0.1) is 11.3 Å². The molecule has 4 nitrogen and oxygen atoms in total. The van der Waals surface area contributed by atoms with Crippen LogP contribution in [0.15, 0.2) is 35.7 Å². The number of benzene rings is 1. The van der Waals surface area contributed by atoms with E-state index in [1.807, 2.05) is 17.0 Å². The molecular formula is C24H32N2O2S. The summed E-state index contributed by atoms with van der Waals surface area (Å²) in [5.74, 6) is 0.149. The van der Waals surface area contributed by atoms with Gasteiger partial charge >= 0.3 is 0 Å². The summed E-state index contributed by atoms with van der Waals surface area (Å²) >= 11 is 1.78. The zero-order valence-corrected chi connectivity index (χ0v) is 18.6. The average Bonchev–Trinajstić information content (AvgIpc) is 3.20. The quantitative estimate of drug-likeness (QED) is 0.615. The fourth-order valence-corrected chi connectivity index (χ4v) is 5.02. The maximum atomic E-state index is 13.4. The number of hydrogen-bond acceptors (Lipinski definition) is 3. The second kappa shape index (κ2) is 10.1. The van der Waals surface area contributed by atoms with Crippen molar-refractivity contribution in [2.45, 2.75) is 58.9 Å². The highest BCUT2D eigenvalue weighted by Gasteiger charge is 2.34. The molecule has 0 fully saturated rings. The Kier molecular flexibility index (Phi) is 7.48. The van der Waals surface area contributed by atoms with Crippen molar-refractivity contribution in [1.29, 1.82) is 0 Å². The van der Waals surface area contributed by atoms with Gasteiger partial charge in [0.2, 0.25) is 11.8 Å². The van der Waals surface area contributed by atoms with E-state index in [0.717, 1.165) is 25.7 Å². The minimum Gasteiger partial charge on any atom is -0.333 e. The van der Waals surface area contributed by atoms with Gasteiger partial charge in [0.05, 0.1) is 12.6 Å². The topological polar surface area (TPSA) is 40.6 Å². The summed E-state index contributed by atoms with van der Waals surface area (Å²) < 4.78 is 0. The summed E-state index contributed by atoms with van der Waals surface area (Å²) in [5, 5.41) is 2.13. The Balaban J connectivity index is 1.86. The molecule has 1 aromatic heterocycles. The Labute approximate surface area is 178 Å². The minimum absolute atomic E-state index is 0.0494. The second-order valence-electron chi connectivity index (χ2n) is 7.81. The number of amides is 2. The average molecular weight is 413 g/mol. The van der Waals surface area contributed by atoms with Crippen LogP contribution in [0.3, 0.4) is 0 Å². The molecule has 2 heterocycles. The van der Waals surface area contributed by atoms with E-state index >= 15 is 0 Å². The van der Waals surface area contributed by atoms with E-state index in [0.29, 0.717) is 19.5 Å². The third kappa shape index (κ3) is 4.89. The molecule has 0 radical (unpaired) electrons. The van der Waals surface area contributed by atoms with Crippen LogP contribution < -0.4 is 0 Å². The molecule has 1 atom stereocenters. The van der Waals surface area contributed by atoms with Gasteiger partial charge < -0.3 is 9.80 Å². The van der Waals surface area contributed by atoms with E-state index in [4.69, 9.17) is 0 Å². The number of thiophene rings is 1. The molecule has 0 N–H and O–H groups in total. The predicted octanol–water partition coefficient (Wildman–Crippen LogP) is 4.96. The molecule has 1 unspecified atom stereocenters. The van der Waals surface area contributed by atoms with E-state index in [9.17, 15) is 9.59 Å². The third-order valence-electron chi connectivity index (χ3n) is 5.69. The number of carbonyl (C=O) groups is 2. The Hall–Kier alpha value is -2.14. The molecule has 29 heavy (non-hydrogen) atoms. The maximum Gasteiger partial charge on any atom is 0.242 e. The highest BCUT2D eigenvalue weighted by Crippen LogP contribution is 2.39. The van der Waals surface area contributed by atoms with Gasteiger partial charge in [0, 0.05) is 24.4 Å². The number of carbonyl (C=O) groups excluding carboxylic acids is 2. The smallest absolute Gasteiger partial charge is 0.242 e.